The minimum absolute atomic E-state index is 0.215. The van der Waals surface area contributed by atoms with Gasteiger partial charge in [-0.15, -0.1) is 23.1 Å². The molecule has 1 saturated heterocycles. The molecule has 1 aromatic heterocycles. The Hall–Kier alpha value is -2.64. The Morgan fingerprint density at radius 3 is 2.79 bits per heavy atom. The third-order valence-electron chi connectivity index (χ3n) is 4.14. The van der Waals surface area contributed by atoms with E-state index in [1.807, 2.05) is 0 Å². The van der Waals surface area contributed by atoms with Gasteiger partial charge in [0.15, 0.2) is 5.13 Å². The quantitative estimate of drug-likeness (QED) is 0.326. The largest absolute Gasteiger partial charge is 0.477 e. The number of nitrogens with zero attached hydrogens (tertiary/aromatic N) is 2. The fourth-order valence-corrected chi connectivity index (χ4v) is 4.73. The number of rotatable bonds is 6. The highest BCUT2D eigenvalue weighted by Crippen LogP contribution is 2.40. The molecular formula is C15H17N5O6S2. The molecule has 2 aliphatic rings. The van der Waals surface area contributed by atoms with E-state index in [4.69, 9.17) is 16.2 Å². The highest BCUT2D eigenvalue weighted by atomic mass is 32.2. The minimum Gasteiger partial charge on any atom is -0.477 e. The zero-order valence-electron chi connectivity index (χ0n) is 14.6. The van der Waals surface area contributed by atoms with Crippen LogP contribution in [0.3, 0.4) is 0 Å². The van der Waals surface area contributed by atoms with E-state index >= 15 is 0 Å². The molecule has 1 fully saturated rings. The number of aromatic nitrogens is 1. The van der Waals surface area contributed by atoms with Crippen LogP contribution in [0.2, 0.25) is 0 Å². The number of carboxylic acid groups (broad SMARTS) is 1. The number of fused-ring (bicyclic) bond motifs is 1. The van der Waals surface area contributed by atoms with E-state index in [-0.39, 0.29) is 28.9 Å². The van der Waals surface area contributed by atoms with Crippen LogP contribution in [0.25, 0.3) is 0 Å². The Balaban J connectivity index is 1.72. The first kappa shape index (κ1) is 20.1. The number of aliphatic carboxylic acids is 1. The molecule has 13 heteroatoms. The topological polar surface area (TPSA) is 178 Å². The van der Waals surface area contributed by atoms with E-state index in [2.05, 4.69) is 10.3 Å². The average molecular weight is 427 g/mol. The molecule has 0 spiro atoms. The number of nitrogen functional groups attached to an aromatic ring is 1. The van der Waals surface area contributed by atoms with Gasteiger partial charge in [0.2, 0.25) is 5.91 Å². The number of esters is 1. The summed E-state index contributed by atoms with van der Waals surface area (Å²) >= 11 is 2.40. The van der Waals surface area contributed by atoms with Crippen molar-refractivity contribution in [2.24, 2.45) is 5.73 Å². The first-order chi connectivity index (χ1) is 13.2. The lowest BCUT2D eigenvalue weighted by Gasteiger charge is -2.49. The monoisotopic (exact) mass is 427 g/mol. The molecular weight excluding hydrogens is 410 g/mol. The van der Waals surface area contributed by atoms with Gasteiger partial charge in [0, 0.05) is 23.6 Å². The number of β-lactam (4-membered cyclic amide) rings is 1. The second-order valence-corrected chi connectivity index (χ2v) is 8.02. The van der Waals surface area contributed by atoms with Crippen LogP contribution in [0, 0.1) is 0 Å². The molecule has 6 N–H and O–H groups in total. The van der Waals surface area contributed by atoms with Gasteiger partial charge in [-0.25, -0.2) is 9.78 Å². The smallest absolute Gasteiger partial charge is 0.352 e. The van der Waals surface area contributed by atoms with Crippen molar-refractivity contribution in [1.82, 2.24) is 15.2 Å². The summed E-state index contributed by atoms with van der Waals surface area (Å²) in [7, 11) is 0. The number of nitrogens with two attached hydrogens (primary N) is 2. The molecule has 0 saturated carbocycles. The van der Waals surface area contributed by atoms with Crippen molar-refractivity contribution in [3.63, 3.8) is 0 Å². The van der Waals surface area contributed by atoms with Crippen LogP contribution in [0.1, 0.15) is 18.7 Å². The summed E-state index contributed by atoms with van der Waals surface area (Å²) in [5, 5.41) is 13.3. The number of carboxylic acids is 1. The molecule has 11 nitrogen and oxygen atoms in total. The van der Waals surface area contributed by atoms with Gasteiger partial charge in [-0.2, -0.15) is 0 Å². The van der Waals surface area contributed by atoms with Crippen molar-refractivity contribution in [2.45, 2.75) is 24.4 Å². The van der Waals surface area contributed by atoms with Gasteiger partial charge >= 0.3 is 11.9 Å². The standard InChI is InChI=1S/C15H17N5O6S2/c1-5(21)26-2-6-3-27-13-9(12(23)20(13)10(6)14(24)25)19-11(22)8(16)7-4-28-15(17)18-7/h4,8-9,13H,2-3,16H2,1H3,(H2,17,18)(H,19,22)(H,24,25)/t8?,9?,13-/m0/s1. The molecule has 2 amide bonds. The van der Waals surface area contributed by atoms with Gasteiger partial charge in [0.1, 0.15) is 29.8 Å². The second kappa shape index (κ2) is 7.77. The molecule has 3 rings (SSSR count). The predicted octanol–water partition coefficient (Wildman–Crippen LogP) is -0.973. The van der Waals surface area contributed by atoms with Crippen molar-refractivity contribution in [1.29, 1.82) is 0 Å². The number of ether oxygens (including phenoxy) is 1. The highest BCUT2D eigenvalue weighted by molar-refractivity contribution is 8.00. The summed E-state index contributed by atoms with van der Waals surface area (Å²) in [6, 6.07) is -2.01. The van der Waals surface area contributed by atoms with Crippen LogP contribution in [-0.4, -0.2) is 62.5 Å². The summed E-state index contributed by atoms with van der Waals surface area (Å²) in [6.45, 7) is 0.993. The fraction of sp³-hybridized carbons (Fsp3) is 0.400. The molecule has 3 atom stereocenters. The maximum absolute atomic E-state index is 12.5. The van der Waals surface area contributed by atoms with Crippen LogP contribution in [0.4, 0.5) is 5.13 Å². The van der Waals surface area contributed by atoms with Crippen LogP contribution in [0.15, 0.2) is 16.7 Å². The molecule has 0 aliphatic carbocycles. The Labute approximate surface area is 167 Å². The SMILES string of the molecule is CC(=O)OCC1=C(C(=O)O)N2C(=O)C(NC(=O)C(N)c3csc(N)n3)[C@@H]2SC1. The van der Waals surface area contributed by atoms with Gasteiger partial charge in [0.05, 0.1) is 5.69 Å². The van der Waals surface area contributed by atoms with Crippen LogP contribution in [-0.2, 0) is 23.9 Å². The first-order valence-electron chi connectivity index (χ1n) is 8.01. The number of nitrogens with one attached hydrogen (secondary N) is 1. The van der Waals surface area contributed by atoms with Crippen molar-refractivity contribution in [3.05, 3.63) is 22.3 Å². The number of amides is 2. The molecule has 150 valence electrons. The maximum atomic E-state index is 12.5. The molecule has 0 radical (unpaired) electrons. The third kappa shape index (κ3) is 3.68. The zero-order valence-corrected chi connectivity index (χ0v) is 16.2. The van der Waals surface area contributed by atoms with E-state index in [0.717, 1.165) is 16.2 Å². The Morgan fingerprint density at radius 2 is 2.21 bits per heavy atom. The number of anilines is 1. The van der Waals surface area contributed by atoms with E-state index in [9.17, 15) is 24.3 Å². The van der Waals surface area contributed by atoms with Crippen LogP contribution in [0.5, 0.6) is 0 Å². The van der Waals surface area contributed by atoms with Gasteiger partial charge in [-0.1, -0.05) is 0 Å². The molecule has 2 aliphatic heterocycles. The molecule has 1 aromatic rings. The fourth-order valence-electron chi connectivity index (χ4n) is 2.80. The molecule has 0 aromatic carbocycles. The van der Waals surface area contributed by atoms with Crippen molar-refractivity contribution < 1.29 is 29.0 Å². The maximum Gasteiger partial charge on any atom is 0.352 e. The molecule has 3 heterocycles. The normalized spacial score (nSPS) is 22.2. The van der Waals surface area contributed by atoms with E-state index in [0.29, 0.717) is 5.57 Å². The van der Waals surface area contributed by atoms with E-state index in [1.54, 1.807) is 5.38 Å². The van der Waals surface area contributed by atoms with Crippen LogP contribution >= 0.6 is 23.1 Å². The van der Waals surface area contributed by atoms with E-state index < -0.39 is 41.2 Å². The number of carbonyl (C=O) groups is 4. The highest BCUT2D eigenvalue weighted by Gasteiger charge is 2.54. The lowest BCUT2D eigenvalue weighted by atomic mass is 10.0. The third-order valence-corrected chi connectivity index (χ3v) is 6.17. The van der Waals surface area contributed by atoms with E-state index in [1.165, 1.54) is 18.7 Å². The Kier molecular flexibility index (Phi) is 5.58. The summed E-state index contributed by atoms with van der Waals surface area (Å²) in [5.74, 6) is -2.81. The zero-order chi connectivity index (χ0) is 20.6. The summed E-state index contributed by atoms with van der Waals surface area (Å²) < 4.78 is 4.86. The van der Waals surface area contributed by atoms with Gasteiger partial charge in [-0.3, -0.25) is 19.3 Å². The Morgan fingerprint density at radius 1 is 1.50 bits per heavy atom. The average Bonchev–Trinajstić information content (AvgIpc) is 3.08. The second-order valence-electron chi connectivity index (χ2n) is 6.02. The molecule has 0 bridgehead atoms. The van der Waals surface area contributed by atoms with Crippen LogP contribution < -0.4 is 16.8 Å². The first-order valence-corrected chi connectivity index (χ1v) is 9.93. The summed E-state index contributed by atoms with van der Waals surface area (Å²) in [4.78, 5) is 52.5. The summed E-state index contributed by atoms with van der Waals surface area (Å²) in [6.07, 6.45) is 0. The van der Waals surface area contributed by atoms with Gasteiger partial charge in [-0.05, 0) is 0 Å². The molecule has 28 heavy (non-hydrogen) atoms. The number of thioether (sulfide) groups is 1. The number of carbonyl (C=O) groups excluding carboxylic acids is 3. The van der Waals surface area contributed by atoms with Crippen molar-refractivity contribution in [3.8, 4) is 0 Å². The van der Waals surface area contributed by atoms with Crippen molar-refractivity contribution in [2.75, 3.05) is 18.1 Å². The number of hydrogen-bond donors (Lipinski definition) is 4. The van der Waals surface area contributed by atoms with Crippen molar-refractivity contribution >= 4 is 52.0 Å². The number of hydrogen-bond acceptors (Lipinski definition) is 10. The Bertz CT molecular complexity index is 884. The lowest BCUT2D eigenvalue weighted by molar-refractivity contribution is -0.151. The van der Waals surface area contributed by atoms with Gasteiger partial charge < -0.3 is 26.6 Å². The predicted molar refractivity (Wildman–Crippen MR) is 99.8 cm³/mol. The summed E-state index contributed by atoms with van der Waals surface area (Å²) in [5.41, 5.74) is 11.8. The molecule has 2 unspecified atom stereocenters. The minimum atomic E-state index is -1.31. The number of thiazole rings is 1. The van der Waals surface area contributed by atoms with Gasteiger partial charge in [0.25, 0.3) is 5.91 Å². The lowest BCUT2D eigenvalue weighted by Crippen LogP contribution is -2.71.